The van der Waals surface area contributed by atoms with Gasteiger partial charge in [-0.25, -0.2) is 0 Å². The van der Waals surface area contributed by atoms with Crippen LogP contribution in [-0.4, -0.2) is 36.2 Å². The second-order valence-electron chi connectivity index (χ2n) is 5.33. The zero-order chi connectivity index (χ0) is 13.2. The normalized spacial score (nSPS) is 15.0. The minimum atomic E-state index is -0.0491. The third kappa shape index (κ3) is 2.99. The predicted octanol–water partition coefficient (Wildman–Crippen LogP) is 1.83. The van der Waals surface area contributed by atoms with Gasteiger partial charge in [0.1, 0.15) is 5.75 Å². The average Bonchev–Trinajstić information content (AvgIpc) is 2.22. The number of hydrogen-bond donors (Lipinski definition) is 2. The van der Waals surface area contributed by atoms with E-state index in [1.165, 1.54) is 5.56 Å². The Hall–Kier alpha value is -1.06. The Balaban J connectivity index is 3.10. The Morgan fingerprint density at radius 2 is 1.71 bits per heavy atom. The molecule has 0 amide bonds. The first-order chi connectivity index (χ1) is 7.80. The molecule has 0 saturated heterocycles. The van der Waals surface area contributed by atoms with E-state index in [-0.39, 0.29) is 5.54 Å². The van der Waals surface area contributed by atoms with E-state index < -0.39 is 0 Å². The van der Waals surface area contributed by atoms with E-state index >= 15 is 0 Å². The maximum atomic E-state index is 9.55. The molecule has 0 aliphatic heterocycles. The molecule has 0 aliphatic carbocycles. The Bertz CT molecular complexity index is 378. The Kier molecular flexibility index (Phi) is 4.17. The van der Waals surface area contributed by atoms with Gasteiger partial charge >= 0.3 is 0 Å². The van der Waals surface area contributed by atoms with E-state index in [4.69, 9.17) is 5.73 Å². The molecule has 0 unspecified atom stereocenters. The largest absolute Gasteiger partial charge is 0.508 e. The smallest absolute Gasteiger partial charge is 0.116 e. The van der Waals surface area contributed by atoms with Gasteiger partial charge in [-0.15, -0.1) is 0 Å². The summed E-state index contributed by atoms with van der Waals surface area (Å²) in [6.45, 7) is 6.85. The van der Waals surface area contributed by atoms with Crippen LogP contribution in [0, 0.1) is 13.8 Å². The third-order valence-electron chi connectivity index (χ3n) is 3.76. The molecule has 1 aromatic rings. The molecular formula is C14H24N2O. The van der Waals surface area contributed by atoms with Crippen molar-refractivity contribution in [1.82, 2.24) is 4.90 Å². The highest BCUT2D eigenvalue weighted by atomic mass is 16.3. The minimum absolute atomic E-state index is 0.0491. The summed E-state index contributed by atoms with van der Waals surface area (Å²) >= 11 is 0. The lowest BCUT2D eigenvalue weighted by Crippen LogP contribution is -2.49. The molecule has 3 N–H and O–H groups in total. The second kappa shape index (κ2) is 5.07. The quantitative estimate of drug-likeness (QED) is 0.838. The summed E-state index contributed by atoms with van der Waals surface area (Å²) in [6, 6.07) is 3.63. The molecule has 3 heteroatoms. The molecule has 3 nitrogen and oxygen atoms in total. The molecule has 1 rings (SSSR count). The van der Waals surface area contributed by atoms with E-state index in [2.05, 4.69) is 25.9 Å². The highest BCUT2D eigenvalue weighted by molar-refractivity contribution is 5.41. The van der Waals surface area contributed by atoms with E-state index in [0.29, 0.717) is 12.3 Å². The van der Waals surface area contributed by atoms with Crippen molar-refractivity contribution in [2.45, 2.75) is 32.7 Å². The zero-order valence-electron chi connectivity index (χ0n) is 11.5. The van der Waals surface area contributed by atoms with Gasteiger partial charge in [-0.1, -0.05) is 0 Å². The SMILES string of the molecule is Cc1cc(O)cc(C)c1C[C@](C)(CN)N(C)C. The fourth-order valence-corrected chi connectivity index (χ4v) is 2.04. The van der Waals surface area contributed by atoms with Crippen LogP contribution in [0.2, 0.25) is 0 Å². The molecule has 0 aliphatic rings. The lowest BCUT2D eigenvalue weighted by molar-refractivity contribution is 0.180. The maximum absolute atomic E-state index is 9.55. The van der Waals surface area contributed by atoms with Gasteiger partial charge in [-0.05, 0) is 70.1 Å². The van der Waals surface area contributed by atoms with Gasteiger partial charge in [0, 0.05) is 12.1 Å². The predicted molar refractivity (Wildman–Crippen MR) is 72.4 cm³/mol. The van der Waals surface area contributed by atoms with Gasteiger partial charge in [-0.3, -0.25) is 0 Å². The summed E-state index contributed by atoms with van der Waals surface area (Å²) in [5, 5.41) is 9.55. The van der Waals surface area contributed by atoms with Crippen molar-refractivity contribution in [1.29, 1.82) is 0 Å². The molecular weight excluding hydrogens is 212 g/mol. The van der Waals surface area contributed by atoms with Crippen LogP contribution in [0.4, 0.5) is 0 Å². The molecule has 0 aromatic heterocycles. The number of benzene rings is 1. The summed E-state index contributed by atoms with van der Waals surface area (Å²) in [4.78, 5) is 2.17. The van der Waals surface area contributed by atoms with Crippen LogP contribution < -0.4 is 5.73 Å². The Labute approximate surface area is 104 Å². The molecule has 0 bridgehead atoms. The number of phenols is 1. The molecule has 96 valence electrons. The summed E-state index contributed by atoms with van der Waals surface area (Å²) < 4.78 is 0. The van der Waals surface area contributed by atoms with Crippen LogP contribution >= 0.6 is 0 Å². The number of nitrogens with two attached hydrogens (primary N) is 1. The van der Waals surface area contributed by atoms with Crippen LogP contribution in [0.1, 0.15) is 23.6 Å². The number of nitrogens with zero attached hydrogens (tertiary/aromatic N) is 1. The number of hydrogen-bond acceptors (Lipinski definition) is 3. The minimum Gasteiger partial charge on any atom is -0.508 e. The van der Waals surface area contributed by atoms with Crippen LogP contribution in [0.15, 0.2) is 12.1 Å². The Morgan fingerprint density at radius 1 is 1.24 bits per heavy atom. The number of phenolic OH excluding ortho intramolecular Hbond substituents is 1. The maximum Gasteiger partial charge on any atom is 0.116 e. The van der Waals surface area contributed by atoms with Gasteiger partial charge < -0.3 is 15.7 Å². The number of likely N-dealkylation sites (N-methyl/N-ethyl adjacent to an activating group) is 1. The average molecular weight is 236 g/mol. The number of rotatable bonds is 4. The van der Waals surface area contributed by atoms with Crippen LogP contribution in [0.5, 0.6) is 5.75 Å². The zero-order valence-corrected chi connectivity index (χ0v) is 11.5. The molecule has 0 radical (unpaired) electrons. The molecule has 0 heterocycles. The van der Waals surface area contributed by atoms with Crippen molar-refractivity contribution in [3.8, 4) is 5.75 Å². The van der Waals surface area contributed by atoms with Crippen molar-refractivity contribution in [3.63, 3.8) is 0 Å². The lowest BCUT2D eigenvalue weighted by atomic mass is 9.87. The molecule has 1 aromatic carbocycles. The van der Waals surface area contributed by atoms with Gasteiger partial charge in [0.25, 0.3) is 0 Å². The van der Waals surface area contributed by atoms with Gasteiger partial charge in [0.05, 0.1) is 0 Å². The fraction of sp³-hybridized carbons (Fsp3) is 0.571. The summed E-state index contributed by atoms with van der Waals surface area (Å²) in [7, 11) is 4.11. The summed E-state index contributed by atoms with van der Waals surface area (Å²) in [5.41, 5.74) is 9.39. The molecule has 0 saturated carbocycles. The summed E-state index contributed by atoms with van der Waals surface area (Å²) in [5.74, 6) is 0.336. The van der Waals surface area contributed by atoms with Crippen molar-refractivity contribution in [3.05, 3.63) is 28.8 Å². The standard InChI is InChI=1S/C14H24N2O/c1-10-6-12(17)7-11(2)13(10)8-14(3,9-15)16(4)5/h6-7,17H,8-9,15H2,1-5H3/t14-/m1/s1. The van der Waals surface area contributed by atoms with E-state index in [1.54, 1.807) is 0 Å². The van der Waals surface area contributed by atoms with E-state index in [9.17, 15) is 5.11 Å². The van der Waals surface area contributed by atoms with E-state index in [1.807, 2.05) is 26.0 Å². The van der Waals surface area contributed by atoms with Crippen molar-refractivity contribution < 1.29 is 5.11 Å². The van der Waals surface area contributed by atoms with Gasteiger partial charge in [0.2, 0.25) is 0 Å². The first-order valence-corrected chi connectivity index (χ1v) is 5.97. The van der Waals surface area contributed by atoms with Crippen LogP contribution in [0.3, 0.4) is 0 Å². The van der Waals surface area contributed by atoms with Crippen molar-refractivity contribution in [2.75, 3.05) is 20.6 Å². The highest BCUT2D eigenvalue weighted by Crippen LogP contribution is 2.26. The molecule has 0 fully saturated rings. The summed E-state index contributed by atoms with van der Waals surface area (Å²) in [6.07, 6.45) is 0.897. The third-order valence-corrected chi connectivity index (χ3v) is 3.76. The molecule has 1 atom stereocenters. The van der Waals surface area contributed by atoms with Crippen LogP contribution in [0.25, 0.3) is 0 Å². The van der Waals surface area contributed by atoms with E-state index in [0.717, 1.165) is 17.5 Å². The second-order valence-corrected chi connectivity index (χ2v) is 5.33. The highest BCUT2D eigenvalue weighted by Gasteiger charge is 2.26. The first kappa shape index (κ1) is 14.0. The molecule has 0 spiro atoms. The van der Waals surface area contributed by atoms with Gasteiger partial charge in [0.15, 0.2) is 0 Å². The molecule has 17 heavy (non-hydrogen) atoms. The lowest BCUT2D eigenvalue weighted by Gasteiger charge is -2.36. The topological polar surface area (TPSA) is 49.5 Å². The van der Waals surface area contributed by atoms with Crippen molar-refractivity contribution in [2.24, 2.45) is 5.73 Å². The number of aryl methyl sites for hydroxylation is 2. The van der Waals surface area contributed by atoms with Gasteiger partial charge in [-0.2, -0.15) is 0 Å². The fourth-order valence-electron chi connectivity index (χ4n) is 2.04. The van der Waals surface area contributed by atoms with Crippen molar-refractivity contribution >= 4 is 0 Å². The number of aromatic hydroxyl groups is 1. The van der Waals surface area contributed by atoms with Crippen LogP contribution in [-0.2, 0) is 6.42 Å². The Morgan fingerprint density at radius 3 is 2.06 bits per heavy atom. The monoisotopic (exact) mass is 236 g/mol. The first-order valence-electron chi connectivity index (χ1n) is 5.97.